The predicted octanol–water partition coefficient (Wildman–Crippen LogP) is 3.10. The Balaban J connectivity index is 1.98. The summed E-state index contributed by atoms with van der Waals surface area (Å²) in [5, 5.41) is 6.66. The van der Waals surface area contributed by atoms with Crippen molar-refractivity contribution in [3.05, 3.63) is 52.4 Å². The molecule has 1 amide bonds. The molecule has 0 bridgehead atoms. The predicted molar refractivity (Wildman–Crippen MR) is 71.0 cm³/mol. The van der Waals surface area contributed by atoms with Gasteiger partial charge in [0.25, 0.3) is 0 Å². The molecule has 2 aromatic heterocycles. The van der Waals surface area contributed by atoms with Gasteiger partial charge in [0, 0.05) is 11.8 Å². The van der Waals surface area contributed by atoms with E-state index in [-0.39, 0.29) is 5.91 Å². The van der Waals surface area contributed by atoms with E-state index in [1.54, 1.807) is 23.5 Å². The van der Waals surface area contributed by atoms with E-state index in [4.69, 9.17) is 0 Å². The molecule has 3 nitrogen and oxygen atoms in total. The molecule has 0 saturated carbocycles. The topological polar surface area (TPSA) is 42.0 Å². The Morgan fingerprint density at radius 1 is 1.41 bits per heavy atom. The molecule has 0 aliphatic carbocycles. The molecule has 2 aromatic rings. The third kappa shape index (κ3) is 3.53. The fourth-order valence-electron chi connectivity index (χ4n) is 1.32. The van der Waals surface area contributed by atoms with Gasteiger partial charge in [0.1, 0.15) is 5.82 Å². The van der Waals surface area contributed by atoms with Gasteiger partial charge in [-0.25, -0.2) is 4.98 Å². The van der Waals surface area contributed by atoms with Crippen molar-refractivity contribution < 1.29 is 4.79 Å². The van der Waals surface area contributed by atoms with Crippen LogP contribution in [-0.2, 0) is 4.79 Å². The van der Waals surface area contributed by atoms with Crippen molar-refractivity contribution in [3.63, 3.8) is 0 Å². The molecule has 86 valence electrons. The third-order valence-electron chi connectivity index (χ3n) is 2.11. The summed E-state index contributed by atoms with van der Waals surface area (Å²) >= 11 is 1.60. The Morgan fingerprint density at radius 2 is 2.29 bits per heavy atom. The van der Waals surface area contributed by atoms with Crippen molar-refractivity contribution in [2.24, 2.45) is 0 Å². The van der Waals surface area contributed by atoms with Gasteiger partial charge in [-0.3, -0.25) is 4.79 Å². The summed E-state index contributed by atoms with van der Waals surface area (Å²) in [6.45, 7) is 1.89. The maximum absolute atomic E-state index is 11.6. The number of thiophene rings is 1. The van der Waals surface area contributed by atoms with E-state index in [0.717, 1.165) is 11.3 Å². The molecule has 0 saturated heterocycles. The highest BCUT2D eigenvalue weighted by atomic mass is 32.1. The van der Waals surface area contributed by atoms with Gasteiger partial charge in [-0.15, -0.1) is 0 Å². The Morgan fingerprint density at radius 3 is 3.00 bits per heavy atom. The number of anilines is 1. The lowest BCUT2D eigenvalue weighted by molar-refractivity contribution is -0.111. The summed E-state index contributed by atoms with van der Waals surface area (Å²) < 4.78 is 0. The van der Waals surface area contributed by atoms with Crippen LogP contribution in [0.4, 0.5) is 5.82 Å². The van der Waals surface area contributed by atoms with Crippen molar-refractivity contribution in [1.82, 2.24) is 4.98 Å². The Kier molecular flexibility index (Phi) is 3.67. The average Bonchev–Trinajstić information content (AvgIpc) is 2.79. The van der Waals surface area contributed by atoms with Crippen molar-refractivity contribution in [3.8, 4) is 0 Å². The first-order valence-electron chi connectivity index (χ1n) is 5.19. The molecule has 0 radical (unpaired) electrons. The number of pyridine rings is 1. The first kappa shape index (κ1) is 11.5. The summed E-state index contributed by atoms with van der Waals surface area (Å²) in [4.78, 5) is 15.8. The first-order valence-corrected chi connectivity index (χ1v) is 6.13. The van der Waals surface area contributed by atoms with Gasteiger partial charge in [-0.1, -0.05) is 6.07 Å². The summed E-state index contributed by atoms with van der Waals surface area (Å²) in [5.41, 5.74) is 1.91. The van der Waals surface area contributed by atoms with Gasteiger partial charge >= 0.3 is 0 Å². The van der Waals surface area contributed by atoms with E-state index < -0.39 is 0 Å². The van der Waals surface area contributed by atoms with Crippen LogP contribution in [0.25, 0.3) is 6.08 Å². The Hall–Kier alpha value is -1.94. The molecule has 2 rings (SSSR count). The first-order chi connectivity index (χ1) is 8.24. The summed E-state index contributed by atoms with van der Waals surface area (Å²) in [7, 11) is 0. The average molecular weight is 244 g/mol. The number of aryl methyl sites for hydroxylation is 1. The lowest BCUT2D eigenvalue weighted by Crippen LogP contribution is -2.09. The second-order valence-electron chi connectivity index (χ2n) is 3.54. The molecule has 0 aliphatic rings. The van der Waals surface area contributed by atoms with Gasteiger partial charge in [-0.05, 0) is 47.5 Å². The smallest absolute Gasteiger partial charge is 0.249 e. The van der Waals surface area contributed by atoms with Gasteiger partial charge < -0.3 is 5.32 Å². The van der Waals surface area contributed by atoms with Crippen LogP contribution in [-0.4, -0.2) is 10.9 Å². The highest BCUT2D eigenvalue weighted by Crippen LogP contribution is 2.08. The number of nitrogens with zero attached hydrogens (tertiary/aromatic N) is 1. The number of carbonyl (C=O) groups is 1. The van der Waals surface area contributed by atoms with Crippen LogP contribution in [0, 0.1) is 6.92 Å². The van der Waals surface area contributed by atoms with E-state index in [1.807, 2.05) is 35.9 Å². The lowest BCUT2D eigenvalue weighted by atomic mass is 10.3. The molecule has 0 unspecified atom stereocenters. The van der Waals surface area contributed by atoms with Crippen LogP contribution >= 0.6 is 11.3 Å². The van der Waals surface area contributed by atoms with E-state index in [2.05, 4.69) is 10.3 Å². The molecule has 0 aromatic carbocycles. The number of carbonyl (C=O) groups excluding carboxylic acids is 1. The van der Waals surface area contributed by atoms with Gasteiger partial charge in [0.05, 0.1) is 0 Å². The minimum atomic E-state index is -0.172. The fraction of sp³-hybridized carbons (Fsp3) is 0.0769. The largest absolute Gasteiger partial charge is 0.307 e. The Bertz CT molecular complexity index is 532. The van der Waals surface area contributed by atoms with Crippen molar-refractivity contribution >= 4 is 29.1 Å². The zero-order chi connectivity index (χ0) is 12.1. The molecule has 1 N–H and O–H groups in total. The SMILES string of the molecule is Cc1cccc(NC(=O)/C=C/c2ccsc2)n1. The van der Waals surface area contributed by atoms with Crippen molar-refractivity contribution in [2.75, 3.05) is 5.32 Å². The van der Waals surface area contributed by atoms with Crippen molar-refractivity contribution in [1.29, 1.82) is 0 Å². The van der Waals surface area contributed by atoms with Gasteiger partial charge in [-0.2, -0.15) is 11.3 Å². The molecule has 2 heterocycles. The van der Waals surface area contributed by atoms with Gasteiger partial charge in [0.2, 0.25) is 5.91 Å². The lowest BCUT2D eigenvalue weighted by Gasteiger charge is -2.01. The minimum Gasteiger partial charge on any atom is -0.307 e. The summed E-state index contributed by atoms with van der Waals surface area (Å²) in [5.74, 6) is 0.402. The second-order valence-corrected chi connectivity index (χ2v) is 4.32. The fourth-order valence-corrected chi connectivity index (χ4v) is 1.95. The standard InChI is InChI=1S/C13H12N2OS/c1-10-3-2-4-12(14-10)15-13(16)6-5-11-7-8-17-9-11/h2-9H,1H3,(H,14,15,16)/b6-5+. The normalized spacial score (nSPS) is 10.6. The van der Waals surface area contributed by atoms with Crippen LogP contribution in [0.5, 0.6) is 0 Å². The third-order valence-corrected chi connectivity index (χ3v) is 2.81. The van der Waals surface area contributed by atoms with E-state index in [1.165, 1.54) is 6.08 Å². The number of hydrogen-bond acceptors (Lipinski definition) is 3. The van der Waals surface area contributed by atoms with E-state index in [0.29, 0.717) is 5.82 Å². The molecule has 0 atom stereocenters. The second kappa shape index (κ2) is 5.41. The minimum absolute atomic E-state index is 0.172. The molecule has 0 aliphatic heterocycles. The number of rotatable bonds is 3. The van der Waals surface area contributed by atoms with Crippen LogP contribution in [0.1, 0.15) is 11.3 Å². The van der Waals surface area contributed by atoms with Crippen LogP contribution < -0.4 is 5.32 Å². The number of nitrogens with one attached hydrogen (secondary N) is 1. The van der Waals surface area contributed by atoms with Crippen LogP contribution in [0.2, 0.25) is 0 Å². The monoisotopic (exact) mass is 244 g/mol. The highest BCUT2D eigenvalue weighted by Gasteiger charge is 1.98. The van der Waals surface area contributed by atoms with E-state index >= 15 is 0 Å². The van der Waals surface area contributed by atoms with Gasteiger partial charge in [0.15, 0.2) is 0 Å². The Labute approximate surface area is 104 Å². The molecule has 17 heavy (non-hydrogen) atoms. The van der Waals surface area contributed by atoms with Crippen LogP contribution in [0.15, 0.2) is 41.1 Å². The highest BCUT2D eigenvalue weighted by molar-refractivity contribution is 7.08. The molecule has 0 spiro atoms. The number of aromatic nitrogens is 1. The zero-order valence-corrected chi connectivity index (χ0v) is 10.2. The zero-order valence-electron chi connectivity index (χ0n) is 9.38. The molecule has 4 heteroatoms. The summed E-state index contributed by atoms with van der Waals surface area (Å²) in [6, 6.07) is 7.47. The quantitative estimate of drug-likeness (QED) is 0.843. The van der Waals surface area contributed by atoms with E-state index in [9.17, 15) is 4.79 Å². The molecule has 0 fully saturated rings. The van der Waals surface area contributed by atoms with Crippen molar-refractivity contribution in [2.45, 2.75) is 6.92 Å². The summed E-state index contributed by atoms with van der Waals surface area (Å²) in [6.07, 6.45) is 3.29. The molecular formula is C13H12N2OS. The molecular weight excluding hydrogens is 232 g/mol. The van der Waals surface area contributed by atoms with Crippen LogP contribution in [0.3, 0.4) is 0 Å². The number of amides is 1. The number of hydrogen-bond donors (Lipinski definition) is 1. The maximum atomic E-state index is 11.6. The maximum Gasteiger partial charge on any atom is 0.249 e.